The number of nitrogens with zero attached hydrogens (tertiary/aromatic N) is 1. The van der Waals surface area contributed by atoms with Gasteiger partial charge in [-0.2, -0.15) is 0 Å². The summed E-state index contributed by atoms with van der Waals surface area (Å²) in [5, 5.41) is -0.330. The van der Waals surface area contributed by atoms with Crippen molar-refractivity contribution in [3.63, 3.8) is 0 Å². The van der Waals surface area contributed by atoms with Gasteiger partial charge in [-0.05, 0) is 64.5 Å². The van der Waals surface area contributed by atoms with Crippen molar-refractivity contribution >= 4 is 62.5 Å². The zero-order valence-corrected chi connectivity index (χ0v) is 19.5. The van der Waals surface area contributed by atoms with Gasteiger partial charge in [0.1, 0.15) is 18.5 Å². The number of hydrogen-bond donors (Lipinski definition) is 0. The Labute approximate surface area is 195 Å². The highest BCUT2D eigenvalue weighted by atomic mass is 79.9. The molecule has 2 aromatic carbocycles. The number of carbonyl (C=O) groups is 3. The average molecular weight is 529 g/mol. The van der Waals surface area contributed by atoms with E-state index in [1.807, 2.05) is 0 Å². The Kier molecular flexibility index (Phi) is 7.40. The van der Waals surface area contributed by atoms with E-state index in [1.165, 1.54) is 26.2 Å². The molecule has 0 aliphatic carbocycles. The lowest BCUT2D eigenvalue weighted by molar-refractivity contribution is -0.148. The van der Waals surface area contributed by atoms with E-state index >= 15 is 0 Å². The fourth-order valence-corrected chi connectivity index (χ4v) is 4.70. The van der Waals surface area contributed by atoms with Crippen LogP contribution < -0.4 is 4.74 Å². The second-order valence-electron chi connectivity index (χ2n) is 6.44. The van der Waals surface area contributed by atoms with Crippen molar-refractivity contribution in [3.8, 4) is 5.75 Å². The van der Waals surface area contributed by atoms with Crippen LogP contribution in [0, 0.1) is 5.82 Å². The van der Waals surface area contributed by atoms with Crippen molar-refractivity contribution in [3.05, 3.63) is 67.7 Å². The zero-order valence-electron chi connectivity index (χ0n) is 16.4. The minimum absolute atomic E-state index is 0.0192. The summed E-state index contributed by atoms with van der Waals surface area (Å²) in [7, 11) is 1.18. The fraction of sp³-hybridized carbons (Fsp3) is 0.190. The van der Waals surface area contributed by atoms with Crippen molar-refractivity contribution in [1.29, 1.82) is 0 Å². The van der Waals surface area contributed by atoms with E-state index in [2.05, 4.69) is 20.7 Å². The van der Waals surface area contributed by atoms with E-state index in [9.17, 15) is 18.8 Å². The van der Waals surface area contributed by atoms with Crippen LogP contribution in [0.25, 0.3) is 6.08 Å². The lowest BCUT2D eigenvalue weighted by atomic mass is 10.2. The molecule has 0 radical (unpaired) electrons. The van der Waals surface area contributed by atoms with E-state index < -0.39 is 23.2 Å². The predicted octanol–water partition coefficient (Wildman–Crippen LogP) is 5.42. The quantitative estimate of drug-likeness (QED) is 0.368. The van der Waals surface area contributed by atoms with Gasteiger partial charge in [-0.25, -0.2) is 9.18 Å². The molecule has 0 N–H and O–H groups in total. The number of hydrogen-bond acceptors (Lipinski definition) is 6. The van der Waals surface area contributed by atoms with Gasteiger partial charge in [-0.3, -0.25) is 14.5 Å². The minimum atomic E-state index is -1.03. The number of ether oxygens (including phenoxy) is 2. The lowest BCUT2D eigenvalue weighted by Crippen LogP contribution is -2.42. The van der Waals surface area contributed by atoms with Crippen LogP contribution in [0.2, 0.25) is 5.02 Å². The van der Waals surface area contributed by atoms with E-state index in [0.29, 0.717) is 21.3 Å². The first kappa shape index (κ1) is 23.3. The predicted molar refractivity (Wildman–Crippen MR) is 119 cm³/mol. The second kappa shape index (κ2) is 9.84. The molecule has 0 unspecified atom stereocenters. The molecule has 6 nitrogen and oxygen atoms in total. The zero-order chi connectivity index (χ0) is 22.7. The average Bonchev–Trinajstić information content (AvgIpc) is 3.00. The first-order valence-electron chi connectivity index (χ1n) is 8.93. The first-order chi connectivity index (χ1) is 14.7. The topological polar surface area (TPSA) is 72.9 Å². The molecule has 1 heterocycles. The SMILES string of the molecule is COC(=O)[C@H](C)N1C(=O)S/C(=C/c2cc(Cl)c(OCc3ccccc3F)c(Br)c2)C1=O. The van der Waals surface area contributed by atoms with Crippen molar-refractivity contribution < 1.29 is 28.2 Å². The molecule has 1 aliphatic rings. The van der Waals surface area contributed by atoms with Crippen LogP contribution in [0.15, 0.2) is 45.8 Å². The van der Waals surface area contributed by atoms with Gasteiger partial charge >= 0.3 is 5.97 Å². The Bertz CT molecular complexity index is 1070. The summed E-state index contributed by atoms with van der Waals surface area (Å²) in [4.78, 5) is 37.5. The highest BCUT2D eigenvalue weighted by Gasteiger charge is 2.41. The summed E-state index contributed by atoms with van der Waals surface area (Å²) in [6.45, 7) is 1.40. The van der Waals surface area contributed by atoms with Gasteiger partial charge in [-0.1, -0.05) is 29.8 Å². The summed E-state index contributed by atoms with van der Waals surface area (Å²) in [5.41, 5.74) is 0.911. The Morgan fingerprint density at radius 3 is 2.68 bits per heavy atom. The normalized spacial score (nSPS) is 16.0. The lowest BCUT2D eigenvalue weighted by Gasteiger charge is -2.18. The minimum Gasteiger partial charge on any atom is -0.486 e. The standard InChI is InChI=1S/C21H16BrClFNO5S/c1-11(20(27)29-2)25-19(26)17(31-21(25)28)9-12-7-14(22)18(15(23)8-12)30-10-13-5-3-4-6-16(13)24/h3-9,11H,10H2,1-2H3/b17-9+/t11-/m0/s1. The summed E-state index contributed by atoms with van der Waals surface area (Å²) in [5.74, 6) is -1.36. The molecule has 0 aromatic heterocycles. The number of carbonyl (C=O) groups excluding carboxylic acids is 3. The summed E-state index contributed by atoms with van der Waals surface area (Å²) in [6.07, 6.45) is 1.49. The van der Waals surface area contributed by atoms with E-state index in [4.69, 9.17) is 16.3 Å². The van der Waals surface area contributed by atoms with Crippen LogP contribution in [0.5, 0.6) is 5.75 Å². The van der Waals surface area contributed by atoms with E-state index in [0.717, 1.165) is 16.7 Å². The third-order valence-corrected chi connectivity index (χ3v) is 6.15. The monoisotopic (exact) mass is 527 g/mol. The molecule has 2 amide bonds. The molecule has 1 fully saturated rings. The van der Waals surface area contributed by atoms with Gasteiger partial charge in [0.05, 0.1) is 21.5 Å². The van der Waals surface area contributed by atoms with E-state index in [-0.39, 0.29) is 22.4 Å². The van der Waals surface area contributed by atoms with Crippen molar-refractivity contribution in [2.75, 3.05) is 7.11 Å². The number of amides is 2. The molecule has 0 saturated carbocycles. The Morgan fingerprint density at radius 1 is 1.32 bits per heavy atom. The Balaban J connectivity index is 1.80. The number of esters is 1. The van der Waals surface area contributed by atoms with Crippen LogP contribution in [0.1, 0.15) is 18.1 Å². The molecule has 31 heavy (non-hydrogen) atoms. The third-order valence-electron chi connectivity index (χ3n) is 4.40. The highest BCUT2D eigenvalue weighted by molar-refractivity contribution is 9.10. The molecule has 2 aromatic rings. The van der Waals surface area contributed by atoms with Gasteiger partial charge < -0.3 is 9.47 Å². The summed E-state index contributed by atoms with van der Waals surface area (Å²) in [6, 6.07) is 8.41. The van der Waals surface area contributed by atoms with Crippen molar-refractivity contribution in [1.82, 2.24) is 4.90 Å². The molecule has 10 heteroatoms. The van der Waals surface area contributed by atoms with Gasteiger partial charge in [0.25, 0.3) is 11.1 Å². The van der Waals surface area contributed by atoms with Gasteiger partial charge in [0.2, 0.25) is 0 Å². The largest absolute Gasteiger partial charge is 0.486 e. The van der Waals surface area contributed by atoms with Crippen LogP contribution in [0.3, 0.4) is 0 Å². The first-order valence-corrected chi connectivity index (χ1v) is 10.9. The maximum Gasteiger partial charge on any atom is 0.328 e. The fourth-order valence-electron chi connectivity index (χ4n) is 2.81. The maximum atomic E-state index is 13.8. The van der Waals surface area contributed by atoms with Gasteiger partial charge in [-0.15, -0.1) is 0 Å². The Morgan fingerprint density at radius 2 is 2.03 bits per heavy atom. The number of benzene rings is 2. The molecule has 0 spiro atoms. The number of methoxy groups -OCH3 is 1. The van der Waals surface area contributed by atoms with Crippen LogP contribution in [-0.2, 0) is 20.9 Å². The highest BCUT2D eigenvalue weighted by Crippen LogP contribution is 2.38. The number of rotatable bonds is 6. The molecule has 1 saturated heterocycles. The van der Waals surface area contributed by atoms with Crippen molar-refractivity contribution in [2.24, 2.45) is 0 Å². The number of halogens is 3. The number of imide groups is 1. The molecule has 1 aliphatic heterocycles. The smallest absolute Gasteiger partial charge is 0.328 e. The van der Waals surface area contributed by atoms with Crippen LogP contribution in [-0.4, -0.2) is 35.2 Å². The van der Waals surface area contributed by atoms with Crippen LogP contribution in [0.4, 0.5) is 9.18 Å². The maximum absolute atomic E-state index is 13.8. The number of thioether (sulfide) groups is 1. The van der Waals surface area contributed by atoms with E-state index in [1.54, 1.807) is 30.3 Å². The van der Waals surface area contributed by atoms with Gasteiger partial charge in [0.15, 0.2) is 5.75 Å². The molecular weight excluding hydrogens is 513 g/mol. The second-order valence-corrected chi connectivity index (χ2v) is 8.70. The van der Waals surface area contributed by atoms with Crippen LogP contribution >= 0.6 is 39.3 Å². The molecule has 162 valence electrons. The molecule has 1 atom stereocenters. The Hall–Kier alpha value is -2.36. The van der Waals surface area contributed by atoms with Crippen molar-refractivity contribution in [2.45, 2.75) is 19.6 Å². The molecular formula is C21H16BrClFNO5S. The molecule has 3 rings (SSSR count). The molecule has 0 bridgehead atoms. The summed E-state index contributed by atoms with van der Waals surface area (Å²) >= 11 is 10.4. The summed E-state index contributed by atoms with van der Waals surface area (Å²) < 4.78 is 24.5. The van der Waals surface area contributed by atoms with Gasteiger partial charge in [0, 0.05) is 5.56 Å². The third kappa shape index (κ3) is 5.11.